The van der Waals surface area contributed by atoms with Gasteiger partial charge in [-0.1, -0.05) is 12.8 Å². The first-order chi connectivity index (χ1) is 18.6. The number of hydrogen-bond donors (Lipinski definition) is 1. The Balaban J connectivity index is 1.54. The molecule has 39 heavy (non-hydrogen) atoms. The molecule has 0 bridgehead atoms. The zero-order valence-electron chi connectivity index (χ0n) is 21.4. The predicted octanol–water partition coefficient (Wildman–Crippen LogP) is 4.23. The van der Waals surface area contributed by atoms with Crippen molar-refractivity contribution in [2.45, 2.75) is 35.5 Å². The summed E-state index contributed by atoms with van der Waals surface area (Å²) in [7, 11) is -6.42. The SMILES string of the molecule is COc1ccc(N(CC(=O)Nc2ccc(S(=O)(=O)N3CCCCCC3)cc2)S(=O)(=O)c2ccc(F)cc2)cc1. The van der Waals surface area contributed by atoms with Gasteiger partial charge in [-0.15, -0.1) is 0 Å². The van der Waals surface area contributed by atoms with Crippen LogP contribution in [0.5, 0.6) is 5.75 Å². The van der Waals surface area contributed by atoms with Crippen molar-refractivity contribution in [2.75, 3.05) is 36.4 Å². The number of anilines is 2. The molecule has 0 atom stereocenters. The average Bonchev–Trinajstić information content (AvgIpc) is 3.23. The number of rotatable bonds is 9. The van der Waals surface area contributed by atoms with E-state index in [4.69, 9.17) is 4.74 Å². The minimum absolute atomic E-state index is 0.126. The Kier molecular flexibility index (Phi) is 8.88. The van der Waals surface area contributed by atoms with E-state index in [2.05, 4.69) is 5.32 Å². The highest BCUT2D eigenvalue weighted by molar-refractivity contribution is 7.92. The Hall–Kier alpha value is -3.48. The smallest absolute Gasteiger partial charge is 0.264 e. The van der Waals surface area contributed by atoms with Gasteiger partial charge in [-0.05, 0) is 85.6 Å². The number of nitrogens with one attached hydrogen (secondary N) is 1. The molecule has 12 heteroatoms. The number of ether oxygens (including phenoxy) is 1. The first kappa shape index (κ1) is 28.5. The Morgan fingerprint density at radius 1 is 0.846 bits per heavy atom. The molecule has 0 spiro atoms. The molecule has 0 aromatic heterocycles. The average molecular weight is 576 g/mol. The third kappa shape index (κ3) is 6.75. The Morgan fingerprint density at radius 2 is 1.41 bits per heavy atom. The molecule has 0 saturated carbocycles. The number of methoxy groups -OCH3 is 1. The van der Waals surface area contributed by atoms with Gasteiger partial charge in [-0.2, -0.15) is 4.31 Å². The molecule has 3 aromatic carbocycles. The molecule has 0 aliphatic carbocycles. The molecule has 0 radical (unpaired) electrons. The highest BCUT2D eigenvalue weighted by atomic mass is 32.2. The van der Waals surface area contributed by atoms with Crippen molar-refractivity contribution in [2.24, 2.45) is 0 Å². The molecule has 1 aliphatic rings. The summed E-state index contributed by atoms with van der Waals surface area (Å²) in [5.41, 5.74) is 0.512. The number of hydrogen-bond acceptors (Lipinski definition) is 6. The molecule has 1 saturated heterocycles. The first-order valence-electron chi connectivity index (χ1n) is 12.4. The second-order valence-corrected chi connectivity index (χ2v) is 12.9. The van der Waals surface area contributed by atoms with Crippen molar-refractivity contribution in [1.29, 1.82) is 0 Å². The van der Waals surface area contributed by atoms with E-state index in [1.54, 1.807) is 12.1 Å². The number of carbonyl (C=O) groups excluding carboxylic acids is 1. The van der Waals surface area contributed by atoms with E-state index in [0.717, 1.165) is 54.3 Å². The maximum absolute atomic E-state index is 13.4. The third-order valence-corrected chi connectivity index (χ3v) is 10.1. The number of halogens is 1. The van der Waals surface area contributed by atoms with Gasteiger partial charge >= 0.3 is 0 Å². The molecule has 208 valence electrons. The van der Waals surface area contributed by atoms with Crippen molar-refractivity contribution < 1.29 is 30.8 Å². The minimum Gasteiger partial charge on any atom is -0.497 e. The number of sulfonamides is 2. The van der Waals surface area contributed by atoms with E-state index in [-0.39, 0.29) is 15.5 Å². The van der Waals surface area contributed by atoms with Crippen molar-refractivity contribution in [3.63, 3.8) is 0 Å². The standard InChI is InChI=1S/C27H30FN3O6S2/c1-37-24-12-10-23(11-13-24)31(39(35,36)26-14-6-21(28)7-15-26)20-27(32)29-22-8-16-25(17-9-22)38(33,34)30-18-4-2-3-5-19-30/h6-17H,2-5,18-20H2,1H3,(H,29,32). The van der Waals surface area contributed by atoms with E-state index >= 15 is 0 Å². The fourth-order valence-corrected chi connectivity index (χ4v) is 7.21. The van der Waals surface area contributed by atoms with Crippen LogP contribution in [0.4, 0.5) is 15.8 Å². The van der Waals surface area contributed by atoms with Crippen LogP contribution in [0.15, 0.2) is 82.6 Å². The van der Waals surface area contributed by atoms with Gasteiger partial charge in [0.1, 0.15) is 18.1 Å². The fraction of sp³-hybridized carbons (Fsp3) is 0.296. The quantitative estimate of drug-likeness (QED) is 0.409. The lowest BCUT2D eigenvalue weighted by Gasteiger charge is -2.24. The summed E-state index contributed by atoms with van der Waals surface area (Å²) in [4.78, 5) is 12.9. The summed E-state index contributed by atoms with van der Waals surface area (Å²) in [6.45, 7) is 0.370. The minimum atomic E-state index is -4.24. The number of benzene rings is 3. The van der Waals surface area contributed by atoms with E-state index in [1.165, 1.54) is 47.8 Å². The number of carbonyl (C=O) groups is 1. The van der Waals surface area contributed by atoms with Gasteiger partial charge in [-0.25, -0.2) is 21.2 Å². The molecular weight excluding hydrogens is 545 g/mol. The van der Waals surface area contributed by atoms with Crippen molar-refractivity contribution in [1.82, 2.24) is 4.31 Å². The molecule has 1 aliphatic heterocycles. The van der Waals surface area contributed by atoms with Gasteiger partial charge in [0.2, 0.25) is 15.9 Å². The Morgan fingerprint density at radius 3 is 1.97 bits per heavy atom. The normalized spacial score (nSPS) is 14.8. The van der Waals surface area contributed by atoms with Gasteiger partial charge < -0.3 is 10.1 Å². The molecular formula is C27H30FN3O6S2. The Labute approximate surface area is 228 Å². The lowest BCUT2D eigenvalue weighted by molar-refractivity contribution is -0.114. The molecule has 4 rings (SSSR count). The summed E-state index contributed by atoms with van der Waals surface area (Å²) in [6.07, 6.45) is 3.64. The molecule has 1 fully saturated rings. The van der Waals surface area contributed by atoms with Crippen LogP contribution in [-0.2, 0) is 24.8 Å². The van der Waals surface area contributed by atoms with Crippen molar-refractivity contribution in [3.8, 4) is 5.75 Å². The topological polar surface area (TPSA) is 113 Å². The van der Waals surface area contributed by atoms with Gasteiger partial charge in [0.25, 0.3) is 10.0 Å². The molecule has 1 heterocycles. The maximum Gasteiger partial charge on any atom is 0.264 e. The summed E-state index contributed by atoms with van der Waals surface area (Å²) >= 11 is 0. The monoisotopic (exact) mass is 575 g/mol. The van der Waals surface area contributed by atoms with E-state index in [1.807, 2.05) is 0 Å². The summed E-state index contributed by atoms with van der Waals surface area (Å²) in [5.74, 6) is -0.749. The van der Waals surface area contributed by atoms with Crippen LogP contribution < -0.4 is 14.4 Å². The maximum atomic E-state index is 13.4. The van der Waals surface area contributed by atoms with E-state index < -0.39 is 38.3 Å². The van der Waals surface area contributed by atoms with Crippen LogP contribution in [0, 0.1) is 5.82 Å². The molecule has 9 nitrogen and oxygen atoms in total. The van der Waals surface area contributed by atoms with Crippen LogP contribution in [0.1, 0.15) is 25.7 Å². The van der Waals surface area contributed by atoms with Gasteiger partial charge in [0, 0.05) is 18.8 Å². The van der Waals surface area contributed by atoms with E-state index in [9.17, 15) is 26.0 Å². The molecule has 0 unspecified atom stereocenters. The fourth-order valence-electron chi connectivity index (χ4n) is 4.27. The van der Waals surface area contributed by atoms with Crippen molar-refractivity contribution >= 4 is 37.3 Å². The third-order valence-electron chi connectivity index (χ3n) is 6.39. The van der Waals surface area contributed by atoms with Crippen molar-refractivity contribution in [3.05, 3.63) is 78.6 Å². The summed E-state index contributed by atoms with van der Waals surface area (Å²) in [5, 5.41) is 2.63. The highest BCUT2D eigenvalue weighted by Gasteiger charge is 2.28. The largest absolute Gasteiger partial charge is 0.497 e. The zero-order valence-corrected chi connectivity index (χ0v) is 23.0. The predicted molar refractivity (Wildman–Crippen MR) is 146 cm³/mol. The van der Waals surface area contributed by atoms with Crippen LogP contribution >= 0.6 is 0 Å². The first-order valence-corrected chi connectivity index (χ1v) is 15.3. The van der Waals surface area contributed by atoms with Crippen LogP contribution in [0.2, 0.25) is 0 Å². The van der Waals surface area contributed by atoms with Gasteiger partial charge in [-0.3, -0.25) is 9.10 Å². The van der Waals surface area contributed by atoms with Gasteiger partial charge in [0.05, 0.1) is 22.6 Å². The number of nitrogens with zero attached hydrogens (tertiary/aromatic N) is 2. The lowest BCUT2D eigenvalue weighted by atomic mass is 10.2. The zero-order chi connectivity index (χ0) is 28.0. The highest BCUT2D eigenvalue weighted by Crippen LogP contribution is 2.27. The second kappa shape index (κ2) is 12.1. The van der Waals surface area contributed by atoms with Gasteiger partial charge in [0.15, 0.2) is 0 Å². The Bertz CT molecular complexity index is 1490. The summed E-state index contributed by atoms with van der Waals surface area (Å²) in [6, 6.07) is 16.2. The van der Waals surface area contributed by atoms with Crippen LogP contribution in [0.3, 0.4) is 0 Å². The second-order valence-electron chi connectivity index (χ2n) is 9.05. The molecule has 1 N–H and O–H groups in total. The van der Waals surface area contributed by atoms with Crippen LogP contribution in [0.25, 0.3) is 0 Å². The number of amides is 1. The molecule has 3 aromatic rings. The van der Waals surface area contributed by atoms with Crippen LogP contribution in [-0.4, -0.2) is 53.8 Å². The summed E-state index contributed by atoms with van der Waals surface area (Å²) < 4.78 is 73.9. The molecule has 1 amide bonds. The lowest BCUT2D eigenvalue weighted by Crippen LogP contribution is -2.38. The van der Waals surface area contributed by atoms with E-state index in [0.29, 0.717) is 24.5 Å².